The Kier molecular flexibility index (Phi) is 6.04. The van der Waals surface area contributed by atoms with Crippen molar-refractivity contribution in [1.82, 2.24) is 0 Å². The van der Waals surface area contributed by atoms with Crippen LogP contribution in [0.3, 0.4) is 0 Å². The molecule has 2 aromatic carbocycles. The van der Waals surface area contributed by atoms with Crippen LogP contribution in [-0.2, 0) is 10.2 Å². The van der Waals surface area contributed by atoms with Crippen molar-refractivity contribution in [3.05, 3.63) is 83.0 Å². The minimum absolute atomic E-state index is 0.227. The molecule has 1 N–H and O–H groups in total. The molecule has 0 amide bonds. The van der Waals surface area contributed by atoms with Gasteiger partial charge in [0.2, 0.25) is 0 Å². The topological polar surface area (TPSA) is 46.5 Å². The van der Waals surface area contributed by atoms with Crippen molar-refractivity contribution >= 4 is 5.97 Å². The van der Waals surface area contributed by atoms with Gasteiger partial charge < -0.3 is 9.84 Å². The van der Waals surface area contributed by atoms with Crippen molar-refractivity contribution < 1.29 is 14.6 Å². The first-order valence-corrected chi connectivity index (χ1v) is 8.64. The number of hydrogen-bond donors (Lipinski definition) is 1. The molecule has 0 bridgehead atoms. The van der Waals surface area contributed by atoms with Crippen LogP contribution in [-0.4, -0.2) is 11.1 Å². The minimum atomic E-state index is -0.354. The number of allylic oxidation sites excluding steroid dienone is 3. The summed E-state index contributed by atoms with van der Waals surface area (Å²) in [7, 11) is 0. The third-order valence-electron chi connectivity index (χ3n) is 4.36. The normalized spacial score (nSPS) is 11.8. The molecular formula is C23H26O3. The molecule has 0 aromatic heterocycles. The second kappa shape index (κ2) is 8.05. The standard InChI is InChI=1S/C23H26O3/c1-16(2)6-7-17(3)22(25)26-21-14-10-19(11-15-21)23(4,5)18-8-12-20(24)13-9-18/h6-15,24H,1-5H3/b17-7+. The number of esters is 1. The van der Waals surface area contributed by atoms with Crippen LogP contribution in [0.2, 0.25) is 0 Å². The molecule has 0 saturated carbocycles. The predicted molar refractivity (Wildman–Crippen MR) is 105 cm³/mol. The van der Waals surface area contributed by atoms with E-state index in [1.54, 1.807) is 25.1 Å². The monoisotopic (exact) mass is 350 g/mol. The summed E-state index contributed by atoms with van der Waals surface area (Å²) in [6, 6.07) is 14.8. The highest BCUT2D eigenvalue weighted by molar-refractivity contribution is 5.89. The fourth-order valence-electron chi connectivity index (χ4n) is 2.53. The smallest absolute Gasteiger partial charge is 0.339 e. The Bertz CT molecular complexity index is 819. The second-order valence-corrected chi connectivity index (χ2v) is 7.18. The number of benzene rings is 2. The second-order valence-electron chi connectivity index (χ2n) is 7.18. The summed E-state index contributed by atoms with van der Waals surface area (Å²) < 4.78 is 5.43. The highest BCUT2D eigenvalue weighted by Crippen LogP contribution is 2.33. The quantitative estimate of drug-likeness (QED) is 0.333. The van der Waals surface area contributed by atoms with Crippen LogP contribution in [0.4, 0.5) is 0 Å². The molecule has 3 nitrogen and oxygen atoms in total. The molecule has 0 aliphatic heterocycles. The summed E-state index contributed by atoms with van der Waals surface area (Å²) in [5.74, 6) is 0.418. The molecule has 136 valence electrons. The Labute approximate surface area is 155 Å². The third kappa shape index (κ3) is 4.85. The van der Waals surface area contributed by atoms with Crippen molar-refractivity contribution in [2.24, 2.45) is 0 Å². The van der Waals surface area contributed by atoms with Gasteiger partial charge in [0.05, 0.1) is 0 Å². The molecule has 0 atom stereocenters. The van der Waals surface area contributed by atoms with Gasteiger partial charge in [-0.05, 0) is 56.2 Å². The molecule has 0 heterocycles. The van der Waals surface area contributed by atoms with E-state index in [0.717, 1.165) is 16.7 Å². The van der Waals surface area contributed by atoms with Gasteiger partial charge in [-0.1, -0.05) is 55.8 Å². The fourth-order valence-corrected chi connectivity index (χ4v) is 2.53. The molecule has 0 spiro atoms. The van der Waals surface area contributed by atoms with Crippen molar-refractivity contribution in [2.45, 2.75) is 40.0 Å². The Morgan fingerprint density at radius 3 is 1.88 bits per heavy atom. The molecule has 0 unspecified atom stereocenters. The molecule has 2 aromatic rings. The van der Waals surface area contributed by atoms with Gasteiger partial charge in [-0.25, -0.2) is 4.79 Å². The third-order valence-corrected chi connectivity index (χ3v) is 4.36. The van der Waals surface area contributed by atoms with Crippen molar-refractivity contribution in [1.29, 1.82) is 0 Å². The number of carbonyl (C=O) groups excluding carboxylic acids is 1. The predicted octanol–water partition coefficient (Wildman–Crippen LogP) is 5.54. The number of ether oxygens (including phenoxy) is 1. The van der Waals surface area contributed by atoms with E-state index in [9.17, 15) is 9.90 Å². The van der Waals surface area contributed by atoms with Gasteiger partial charge in [0, 0.05) is 11.0 Å². The number of hydrogen-bond acceptors (Lipinski definition) is 3. The SMILES string of the molecule is CC(C)=C/C=C(\C)C(=O)Oc1ccc(C(C)(C)c2ccc(O)cc2)cc1. The van der Waals surface area contributed by atoms with Gasteiger partial charge in [-0.3, -0.25) is 0 Å². The van der Waals surface area contributed by atoms with Crippen molar-refractivity contribution in [2.75, 3.05) is 0 Å². The summed E-state index contributed by atoms with van der Waals surface area (Å²) in [6.07, 6.45) is 3.65. The number of carbonyl (C=O) groups is 1. The van der Waals surface area contributed by atoms with E-state index in [1.165, 1.54) is 0 Å². The van der Waals surface area contributed by atoms with Crippen LogP contribution in [0.15, 0.2) is 71.8 Å². The molecule has 0 radical (unpaired) electrons. The summed E-state index contributed by atoms with van der Waals surface area (Å²) >= 11 is 0. The lowest BCUT2D eigenvalue weighted by Gasteiger charge is -2.26. The number of aromatic hydroxyl groups is 1. The molecular weight excluding hydrogens is 324 g/mol. The Morgan fingerprint density at radius 2 is 1.38 bits per heavy atom. The zero-order valence-corrected chi connectivity index (χ0v) is 16.0. The van der Waals surface area contributed by atoms with Crippen LogP contribution >= 0.6 is 0 Å². The maximum Gasteiger partial charge on any atom is 0.339 e. The summed E-state index contributed by atoms with van der Waals surface area (Å²) in [5.41, 5.74) is 3.65. The lowest BCUT2D eigenvalue weighted by molar-refractivity contribution is -0.130. The highest BCUT2D eigenvalue weighted by atomic mass is 16.5. The first kappa shape index (κ1) is 19.5. The maximum atomic E-state index is 12.1. The van der Waals surface area contributed by atoms with E-state index < -0.39 is 0 Å². The van der Waals surface area contributed by atoms with Crippen LogP contribution in [0.1, 0.15) is 45.7 Å². The molecule has 3 heteroatoms. The Hall–Kier alpha value is -2.81. The van der Waals surface area contributed by atoms with Gasteiger partial charge in [0.15, 0.2) is 0 Å². The van der Waals surface area contributed by atoms with Crippen molar-refractivity contribution in [3.63, 3.8) is 0 Å². The summed E-state index contributed by atoms with van der Waals surface area (Å²) in [4.78, 5) is 12.1. The van der Waals surface area contributed by atoms with E-state index in [2.05, 4.69) is 13.8 Å². The minimum Gasteiger partial charge on any atom is -0.508 e. The largest absolute Gasteiger partial charge is 0.508 e. The van der Waals surface area contributed by atoms with E-state index in [-0.39, 0.29) is 17.1 Å². The summed E-state index contributed by atoms with van der Waals surface area (Å²) in [5, 5.41) is 9.47. The van der Waals surface area contributed by atoms with E-state index >= 15 is 0 Å². The van der Waals surface area contributed by atoms with Crippen LogP contribution in [0.5, 0.6) is 11.5 Å². The van der Waals surface area contributed by atoms with Gasteiger partial charge >= 0.3 is 5.97 Å². The fraction of sp³-hybridized carbons (Fsp3) is 0.261. The average molecular weight is 350 g/mol. The molecule has 0 fully saturated rings. The molecule has 0 aliphatic rings. The van der Waals surface area contributed by atoms with Gasteiger partial charge in [0.1, 0.15) is 11.5 Å². The van der Waals surface area contributed by atoms with Gasteiger partial charge in [-0.2, -0.15) is 0 Å². The number of phenolic OH excluding ortho intramolecular Hbond substituents is 1. The average Bonchev–Trinajstić information content (AvgIpc) is 2.60. The number of rotatable bonds is 5. The maximum absolute atomic E-state index is 12.1. The van der Waals surface area contributed by atoms with E-state index in [4.69, 9.17) is 4.74 Å². The lowest BCUT2D eigenvalue weighted by atomic mass is 9.78. The molecule has 0 aliphatic carbocycles. The van der Waals surface area contributed by atoms with Gasteiger partial charge in [-0.15, -0.1) is 0 Å². The van der Waals surface area contributed by atoms with Gasteiger partial charge in [0.25, 0.3) is 0 Å². The number of phenols is 1. The van der Waals surface area contributed by atoms with E-state index in [0.29, 0.717) is 11.3 Å². The van der Waals surface area contributed by atoms with E-state index in [1.807, 2.05) is 56.3 Å². The van der Waals surface area contributed by atoms with Crippen LogP contribution < -0.4 is 4.74 Å². The molecule has 26 heavy (non-hydrogen) atoms. The summed E-state index contributed by atoms with van der Waals surface area (Å²) in [6.45, 7) is 9.93. The van der Waals surface area contributed by atoms with Crippen molar-refractivity contribution in [3.8, 4) is 11.5 Å². The molecule has 2 rings (SSSR count). The highest BCUT2D eigenvalue weighted by Gasteiger charge is 2.23. The zero-order valence-electron chi connectivity index (χ0n) is 16.0. The first-order valence-electron chi connectivity index (χ1n) is 8.64. The van der Waals surface area contributed by atoms with Crippen LogP contribution in [0, 0.1) is 0 Å². The first-order chi connectivity index (χ1) is 12.2. The lowest BCUT2D eigenvalue weighted by Crippen LogP contribution is -2.18. The van der Waals surface area contributed by atoms with Crippen LogP contribution in [0.25, 0.3) is 0 Å². The molecule has 0 saturated heterocycles. The Balaban J connectivity index is 2.15. The Morgan fingerprint density at radius 1 is 0.885 bits per heavy atom. The zero-order chi connectivity index (χ0) is 19.3.